The van der Waals surface area contributed by atoms with Gasteiger partial charge in [0.2, 0.25) is 17.2 Å². The Kier molecular flexibility index (Phi) is 5.12. The number of hydrogen-bond donors (Lipinski definition) is 2. The maximum atomic E-state index is 5.85. The zero-order valence-corrected chi connectivity index (χ0v) is 11.9. The first-order valence-electron chi connectivity index (χ1n) is 6.37. The molecule has 8 heteroatoms. The van der Waals surface area contributed by atoms with Gasteiger partial charge >= 0.3 is 0 Å². The number of aromatic nitrogens is 3. The Morgan fingerprint density at radius 3 is 2.74 bits per heavy atom. The first-order chi connectivity index (χ1) is 9.17. The third kappa shape index (κ3) is 4.45. The van der Waals surface area contributed by atoms with Crippen molar-refractivity contribution in [3.05, 3.63) is 5.28 Å². The summed E-state index contributed by atoms with van der Waals surface area (Å²) < 4.78 is 5.65. The largest absolute Gasteiger partial charge is 0.374 e. The van der Waals surface area contributed by atoms with Crippen molar-refractivity contribution in [1.82, 2.24) is 19.9 Å². The van der Waals surface area contributed by atoms with Gasteiger partial charge in [-0.05, 0) is 25.6 Å². The lowest BCUT2D eigenvalue weighted by atomic mass is 10.3. The number of rotatable bonds is 5. The van der Waals surface area contributed by atoms with E-state index in [1.54, 1.807) is 0 Å². The van der Waals surface area contributed by atoms with Gasteiger partial charge in [-0.2, -0.15) is 15.0 Å². The van der Waals surface area contributed by atoms with E-state index in [2.05, 4.69) is 37.5 Å². The smallest absolute Gasteiger partial charge is 0.228 e. The van der Waals surface area contributed by atoms with E-state index in [0.29, 0.717) is 18.4 Å². The standard InChI is InChI=1S/C11H19ClN6O/c1-3-13-10-15-9(12)16-11(17-10)14-6-8-7-18(2)4-5-19-8/h8H,3-7H2,1-2H3,(H2,13,14,15,16,17). The van der Waals surface area contributed by atoms with Crippen LogP contribution >= 0.6 is 11.6 Å². The van der Waals surface area contributed by atoms with Gasteiger partial charge in [0.1, 0.15) is 0 Å². The molecule has 2 heterocycles. The molecule has 1 aliphatic rings. The van der Waals surface area contributed by atoms with Gasteiger partial charge in [0.15, 0.2) is 0 Å². The lowest BCUT2D eigenvalue weighted by Gasteiger charge is -2.30. The second-order valence-electron chi connectivity index (χ2n) is 4.42. The lowest BCUT2D eigenvalue weighted by molar-refractivity contribution is -0.0117. The summed E-state index contributed by atoms with van der Waals surface area (Å²) in [6.07, 6.45) is 0.136. The maximum absolute atomic E-state index is 5.85. The van der Waals surface area contributed by atoms with E-state index in [0.717, 1.165) is 26.2 Å². The lowest BCUT2D eigenvalue weighted by Crippen LogP contribution is -2.43. The van der Waals surface area contributed by atoms with Crippen LogP contribution in [0.5, 0.6) is 0 Å². The number of hydrogen-bond acceptors (Lipinski definition) is 7. The molecule has 2 N–H and O–H groups in total. The summed E-state index contributed by atoms with van der Waals surface area (Å²) in [7, 11) is 2.08. The van der Waals surface area contributed by atoms with Gasteiger partial charge in [-0.3, -0.25) is 0 Å². The molecule has 1 aliphatic heterocycles. The second-order valence-corrected chi connectivity index (χ2v) is 4.76. The van der Waals surface area contributed by atoms with Gasteiger partial charge < -0.3 is 20.3 Å². The topological polar surface area (TPSA) is 75.2 Å². The van der Waals surface area contributed by atoms with Gasteiger partial charge in [-0.15, -0.1) is 0 Å². The Balaban J connectivity index is 1.91. The number of ether oxygens (including phenoxy) is 1. The van der Waals surface area contributed by atoms with Crippen molar-refractivity contribution in [1.29, 1.82) is 0 Å². The average Bonchev–Trinajstić information content (AvgIpc) is 2.36. The monoisotopic (exact) mass is 286 g/mol. The van der Waals surface area contributed by atoms with Gasteiger partial charge in [0.05, 0.1) is 12.7 Å². The average molecular weight is 287 g/mol. The van der Waals surface area contributed by atoms with E-state index in [1.165, 1.54) is 0 Å². The summed E-state index contributed by atoms with van der Waals surface area (Å²) >= 11 is 5.85. The molecule has 0 aliphatic carbocycles. The highest BCUT2D eigenvalue weighted by atomic mass is 35.5. The normalized spacial score (nSPS) is 20.3. The highest BCUT2D eigenvalue weighted by Crippen LogP contribution is 2.10. The fourth-order valence-electron chi connectivity index (χ4n) is 1.86. The first-order valence-corrected chi connectivity index (χ1v) is 6.74. The quantitative estimate of drug-likeness (QED) is 0.825. The summed E-state index contributed by atoms with van der Waals surface area (Å²) in [6.45, 7) is 5.97. The van der Waals surface area contributed by atoms with Crippen molar-refractivity contribution in [2.75, 3.05) is 50.5 Å². The summed E-state index contributed by atoms with van der Waals surface area (Å²) in [5, 5.41) is 6.32. The highest BCUT2D eigenvalue weighted by molar-refractivity contribution is 6.28. The Labute approximate surface area is 117 Å². The van der Waals surface area contributed by atoms with E-state index >= 15 is 0 Å². The molecule has 106 valence electrons. The summed E-state index contributed by atoms with van der Waals surface area (Å²) in [5.74, 6) is 0.944. The van der Waals surface area contributed by atoms with Gasteiger partial charge in [-0.1, -0.05) is 0 Å². The SMILES string of the molecule is CCNc1nc(Cl)nc(NCC2CN(C)CCO2)n1. The van der Waals surface area contributed by atoms with Crippen LogP contribution in [0.2, 0.25) is 5.28 Å². The Bertz CT molecular complexity index is 418. The van der Waals surface area contributed by atoms with Crippen molar-refractivity contribution >= 4 is 23.5 Å². The van der Waals surface area contributed by atoms with Crippen LogP contribution in [-0.4, -0.2) is 65.8 Å². The second kappa shape index (κ2) is 6.83. The first kappa shape index (κ1) is 14.2. The molecule has 0 spiro atoms. The van der Waals surface area contributed by atoms with Crippen LogP contribution < -0.4 is 10.6 Å². The van der Waals surface area contributed by atoms with Crippen molar-refractivity contribution in [3.63, 3.8) is 0 Å². The van der Waals surface area contributed by atoms with E-state index < -0.39 is 0 Å². The van der Waals surface area contributed by atoms with Crippen LogP contribution in [0.15, 0.2) is 0 Å². The molecule has 7 nitrogen and oxygen atoms in total. The van der Waals surface area contributed by atoms with Crippen LogP contribution in [0.1, 0.15) is 6.92 Å². The summed E-state index contributed by atoms with van der Waals surface area (Å²) in [4.78, 5) is 14.5. The number of likely N-dealkylation sites (N-methyl/N-ethyl adjacent to an activating group) is 1. The number of nitrogens with zero attached hydrogens (tertiary/aromatic N) is 4. The molecule has 0 amide bonds. The van der Waals surface area contributed by atoms with Crippen LogP contribution in [0, 0.1) is 0 Å². The molecular weight excluding hydrogens is 268 g/mol. The third-order valence-electron chi connectivity index (χ3n) is 2.77. The maximum Gasteiger partial charge on any atom is 0.228 e. The van der Waals surface area contributed by atoms with Crippen molar-refractivity contribution in [3.8, 4) is 0 Å². The minimum absolute atomic E-state index is 0.136. The van der Waals surface area contributed by atoms with Crippen LogP contribution in [0.3, 0.4) is 0 Å². The van der Waals surface area contributed by atoms with Gasteiger partial charge in [-0.25, -0.2) is 0 Å². The fraction of sp³-hybridized carbons (Fsp3) is 0.727. The number of nitrogens with one attached hydrogen (secondary N) is 2. The van der Waals surface area contributed by atoms with E-state index in [9.17, 15) is 0 Å². The van der Waals surface area contributed by atoms with Gasteiger partial charge in [0, 0.05) is 26.2 Å². The molecule has 1 fully saturated rings. The molecule has 0 radical (unpaired) electrons. The summed E-state index contributed by atoms with van der Waals surface area (Å²) in [6, 6.07) is 0. The van der Waals surface area contributed by atoms with Gasteiger partial charge in [0.25, 0.3) is 0 Å². The third-order valence-corrected chi connectivity index (χ3v) is 2.94. The minimum Gasteiger partial charge on any atom is -0.374 e. The molecule has 1 aromatic rings. The molecular formula is C11H19ClN6O. The predicted molar refractivity (Wildman–Crippen MR) is 74.7 cm³/mol. The van der Waals surface area contributed by atoms with Crippen molar-refractivity contribution < 1.29 is 4.74 Å². The Hall–Kier alpha value is -1.18. The number of halogens is 1. The van der Waals surface area contributed by atoms with E-state index in [1.807, 2.05) is 6.92 Å². The molecule has 1 saturated heterocycles. The molecule has 1 atom stereocenters. The summed E-state index contributed by atoms with van der Waals surface area (Å²) in [5.41, 5.74) is 0. The zero-order valence-electron chi connectivity index (χ0n) is 11.2. The molecule has 1 unspecified atom stereocenters. The van der Waals surface area contributed by atoms with Crippen LogP contribution in [0.4, 0.5) is 11.9 Å². The number of anilines is 2. The minimum atomic E-state index is 0.136. The Morgan fingerprint density at radius 2 is 2.05 bits per heavy atom. The zero-order chi connectivity index (χ0) is 13.7. The Morgan fingerprint density at radius 1 is 1.32 bits per heavy atom. The van der Waals surface area contributed by atoms with Crippen molar-refractivity contribution in [2.24, 2.45) is 0 Å². The molecule has 19 heavy (non-hydrogen) atoms. The molecule has 1 aromatic heterocycles. The fourth-order valence-corrected chi connectivity index (χ4v) is 2.02. The highest BCUT2D eigenvalue weighted by Gasteiger charge is 2.17. The predicted octanol–water partition coefficient (Wildman–Crippen LogP) is 0.699. The molecule has 2 rings (SSSR count). The van der Waals surface area contributed by atoms with Crippen LogP contribution in [0.25, 0.3) is 0 Å². The number of morpholine rings is 1. The molecule has 0 aromatic carbocycles. The van der Waals surface area contributed by atoms with E-state index in [-0.39, 0.29) is 11.4 Å². The van der Waals surface area contributed by atoms with Crippen LogP contribution in [-0.2, 0) is 4.74 Å². The molecule has 0 saturated carbocycles. The van der Waals surface area contributed by atoms with E-state index in [4.69, 9.17) is 16.3 Å². The van der Waals surface area contributed by atoms with Crippen molar-refractivity contribution in [2.45, 2.75) is 13.0 Å². The molecule has 0 bridgehead atoms.